The highest BCUT2D eigenvalue weighted by Gasteiger charge is 2.40. The summed E-state index contributed by atoms with van der Waals surface area (Å²) >= 11 is 0. The van der Waals surface area contributed by atoms with E-state index in [0.717, 1.165) is 17.6 Å². The predicted molar refractivity (Wildman–Crippen MR) is 88.2 cm³/mol. The van der Waals surface area contributed by atoms with Crippen LogP contribution >= 0.6 is 0 Å². The van der Waals surface area contributed by atoms with E-state index in [1.54, 1.807) is 4.90 Å². The Hall–Kier alpha value is -2.10. The van der Waals surface area contributed by atoms with E-state index in [0.29, 0.717) is 25.3 Å². The van der Waals surface area contributed by atoms with Crippen LogP contribution in [0.5, 0.6) is 0 Å². The molecule has 1 aromatic rings. The normalized spacial score (nSPS) is 25.2. The third-order valence-corrected chi connectivity index (χ3v) is 4.76. The Morgan fingerprint density at radius 3 is 2.52 bits per heavy atom. The first kappa shape index (κ1) is 15.8. The highest BCUT2D eigenvalue weighted by Crippen LogP contribution is 2.32. The molecule has 2 aliphatic rings. The number of nitrogens with zero attached hydrogens (tertiary/aromatic N) is 1. The fourth-order valence-electron chi connectivity index (χ4n) is 3.29. The van der Waals surface area contributed by atoms with E-state index >= 15 is 0 Å². The van der Waals surface area contributed by atoms with E-state index in [9.17, 15) is 9.59 Å². The Labute approximate surface area is 137 Å². The van der Waals surface area contributed by atoms with Crippen LogP contribution in [-0.4, -0.2) is 29.4 Å². The number of hydrogen-bond acceptors (Lipinski definition) is 3. The Morgan fingerprint density at radius 1 is 1.22 bits per heavy atom. The van der Waals surface area contributed by atoms with Gasteiger partial charge in [-0.3, -0.25) is 9.69 Å². The van der Waals surface area contributed by atoms with E-state index in [2.05, 4.69) is 32.6 Å². The molecule has 1 aliphatic heterocycles. The minimum atomic E-state index is -0.381. The van der Waals surface area contributed by atoms with Gasteiger partial charge in [0.2, 0.25) is 0 Å². The summed E-state index contributed by atoms with van der Waals surface area (Å²) in [6.07, 6.45) is 1.16. The van der Waals surface area contributed by atoms with Gasteiger partial charge in [0.25, 0.3) is 0 Å². The van der Waals surface area contributed by atoms with Crippen molar-refractivity contribution in [3.05, 3.63) is 47.5 Å². The monoisotopic (exact) mass is 313 g/mol. The van der Waals surface area contributed by atoms with Gasteiger partial charge in [0.05, 0.1) is 12.6 Å². The van der Waals surface area contributed by atoms with Gasteiger partial charge in [-0.15, -0.1) is 0 Å². The Bertz CT molecular complexity index is 633. The summed E-state index contributed by atoms with van der Waals surface area (Å²) < 4.78 is 5.50. The molecule has 1 saturated heterocycles. The minimum Gasteiger partial charge on any atom is -0.439 e. The standard InChI is InChI=1S/C19H23NO3/c1-12(2)14-5-7-15(8-6-14)18-11-20(19(22)23-18)16-9-4-13(3)10-17(16)21/h5-8,12,16,18H,3-4,9-11H2,1-2H3/t16?,18-/m1/s1. The highest BCUT2D eigenvalue weighted by molar-refractivity contribution is 5.90. The second-order valence-corrected chi connectivity index (χ2v) is 6.79. The molecule has 0 bridgehead atoms. The number of rotatable bonds is 3. The number of amides is 1. The van der Waals surface area contributed by atoms with Crippen molar-refractivity contribution in [3.63, 3.8) is 0 Å². The molecule has 1 unspecified atom stereocenters. The Kier molecular flexibility index (Phi) is 4.24. The molecule has 4 heteroatoms. The average Bonchev–Trinajstić information content (AvgIpc) is 2.89. The summed E-state index contributed by atoms with van der Waals surface area (Å²) in [6, 6.07) is 7.83. The van der Waals surface area contributed by atoms with Crippen LogP contribution in [-0.2, 0) is 9.53 Å². The molecule has 0 spiro atoms. The van der Waals surface area contributed by atoms with Crippen molar-refractivity contribution in [2.24, 2.45) is 0 Å². The number of hydrogen-bond donors (Lipinski definition) is 0. The summed E-state index contributed by atoms with van der Waals surface area (Å²) in [5, 5.41) is 0. The maximum absolute atomic E-state index is 12.2. The number of Topliss-reactive ketones (excluding diaryl/α,β-unsaturated/α-hetero) is 1. The smallest absolute Gasteiger partial charge is 0.411 e. The van der Waals surface area contributed by atoms with Gasteiger partial charge >= 0.3 is 6.09 Å². The molecule has 1 heterocycles. The zero-order chi connectivity index (χ0) is 16.6. The number of carbonyl (C=O) groups is 2. The second kappa shape index (κ2) is 6.19. The van der Waals surface area contributed by atoms with Crippen LogP contribution in [0.25, 0.3) is 0 Å². The van der Waals surface area contributed by atoms with Gasteiger partial charge in [0.1, 0.15) is 6.10 Å². The van der Waals surface area contributed by atoms with Crippen molar-refractivity contribution in [2.75, 3.05) is 6.54 Å². The van der Waals surface area contributed by atoms with Gasteiger partial charge < -0.3 is 4.74 Å². The van der Waals surface area contributed by atoms with Crippen molar-refractivity contribution in [2.45, 2.75) is 51.2 Å². The van der Waals surface area contributed by atoms with Gasteiger partial charge in [-0.2, -0.15) is 0 Å². The topological polar surface area (TPSA) is 46.6 Å². The lowest BCUT2D eigenvalue weighted by Crippen LogP contribution is -2.43. The van der Waals surface area contributed by atoms with Crippen LogP contribution in [0.1, 0.15) is 56.3 Å². The molecule has 0 N–H and O–H groups in total. The van der Waals surface area contributed by atoms with E-state index < -0.39 is 0 Å². The molecule has 0 radical (unpaired) electrons. The van der Waals surface area contributed by atoms with Gasteiger partial charge in [0.15, 0.2) is 5.78 Å². The third kappa shape index (κ3) is 3.16. The molecule has 3 rings (SSSR count). The fourth-order valence-corrected chi connectivity index (χ4v) is 3.29. The zero-order valence-electron chi connectivity index (χ0n) is 13.7. The van der Waals surface area contributed by atoms with E-state index in [-0.39, 0.29) is 24.0 Å². The molecule has 1 aliphatic carbocycles. The molecular weight excluding hydrogens is 290 g/mol. The Morgan fingerprint density at radius 2 is 1.91 bits per heavy atom. The number of benzene rings is 1. The van der Waals surface area contributed by atoms with Gasteiger partial charge in [0, 0.05) is 6.42 Å². The first-order chi connectivity index (χ1) is 11.0. The molecule has 1 amide bonds. The quantitative estimate of drug-likeness (QED) is 0.793. The summed E-state index contributed by atoms with van der Waals surface area (Å²) in [5.41, 5.74) is 3.20. The SMILES string of the molecule is C=C1CCC(N2C[C@H](c3ccc(C(C)C)cc3)OC2=O)C(=O)C1. The molecule has 1 aromatic carbocycles. The first-order valence-electron chi connectivity index (χ1n) is 8.22. The molecule has 122 valence electrons. The lowest BCUT2D eigenvalue weighted by molar-refractivity contribution is -0.123. The summed E-state index contributed by atoms with van der Waals surface area (Å²) in [7, 11) is 0. The number of allylic oxidation sites excluding steroid dienone is 1. The summed E-state index contributed by atoms with van der Waals surface area (Å²) in [6.45, 7) is 8.62. The van der Waals surface area contributed by atoms with Crippen molar-refractivity contribution in [3.8, 4) is 0 Å². The number of carbonyl (C=O) groups excluding carboxylic acids is 2. The van der Waals surface area contributed by atoms with Crippen molar-refractivity contribution < 1.29 is 14.3 Å². The lowest BCUT2D eigenvalue weighted by Gasteiger charge is -2.28. The van der Waals surface area contributed by atoms with E-state index in [1.807, 2.05) is 12.1 Å². The number of cyclic esters (lactones) is 1. The first-order valence-corrected chi connectivity index (χ1v) is 8.22. The van der Waals surface area contributed by atoms with Gasteiger partial charge in [-0.1, -0.05) is 50.3 Å². The fraction of sp³-hybridized carbons (Fsp3) is 0.474. The zero-order valence-corrected chi connectivity index (χ0v) is 13.7. The maximum Gasteiger partial charge on any atom is 0.411 e. The molecule has 2 fully saturated rings. The van der Waals surface area contributed by atoms with Crippen molar-refractivity contribution >= 4 is 11.9 Å². The minimum absolute atomic E-state index is 0.0778. The number of ether oxygens (including phenoxy) is 1. The third-order valence-electron chi connectivity index (χ3n) is 4.76. The van der Waals surface area contributed by atoms with Crippen LogP contribution in [0, 0.1) is 0 Å². The average molecular weight is 313 g/mol. The molecule has 0 aromatic heterocycles. The van der Waals surface area contributed by atoms with Crippen molar-refractivity contribution in [1.29, 1.82) is 0 Å². The van der Waals surface area contributed by atoms with Crippen molar-refractivity contribution in [1.82, 2.24) is 4.90 Å². The van der Waals surface area contributed by atoms with E-state index in [4.69, 9.17) is 4.74 Å². The highest BCUT2D eigenvalue weighted by atomic mass is 16.6. The number of ketones is 1. The second-order valence-electron chi connectivity index (χ2n) is 6.79. The van der Waals surface area contributed by atoms with Crippen LogP contribution < -0.4 is 0 Å². The predicted octanol–water partition coefficient (Wildman–Crippen LogP) is 3.98. The summed E-state index contributed by atoms with van der Waals surface area (Å²) in [5.74, 6) is 0.550. The largest absolute Gasteiger partial charge is 0.439 e. The molecule has 1 saturated carbocycles. The van der Waals surface area contributed by atoms with Crippen LogP contribution in [0.15, 0.2) is 36.4 Å². The van der Waals surface area contributed by atoms with E-state index in [1.165, 1.54) is 5.56 Å². The maximum atomic E-state index is 12.2. The van der Waals surface area contributed by atoms with Crippen LogP contribution in [0.2, 0.25) is 0 Å². The summed E-state index contributed by atoms with van der Waals surface area (Å²) in [4.78, 5) is 26.0. The lowest BCUT2D eigenvalue weighted by atomic mass is 9.89. The molecule has 23 heavy (non-hydrogen) atoms. The Balaban J connectivity index is 1.72. The van der Waals surface area contributed by atoms with Crippen LogP contribution in [0.4, 0.5) is 4.79 Å². The molecular formula is C19H23NO3. The van der Waals surface area contributed by atoms with Gasteiger partial charge in [-0.25, -0.2) is 4.79 Å². The van der Waals surface area contributed by atoms with Crippen LogP contribution in [0.3, 0.4) is 0 Å². The molecule has 4 nitrogen and oxygen atoms in total. The molecule has 2 atom stereocenters. The van der Waals surface area contributed by atoms with Gasteiger partial charge in [-0.05, 0) is 29.9 Å².